The van der Waals surface area contributed by atoms with Crippen molar-refractivity contribution in [3.8, 4) is 23.1 Å². The highest BCUT2D eigenvalue weighted by Crippen LogP contribution is 2.35. The SMILES string of the molecule is COc1cc2ncnc(Oc3ccc(NC(=S)NCCCN4CCN(C)CC4)cc3)c2cc1OC. The molecule has 186 valence electrons. The maximum Gasteiger partial charge on any atom is 0.230 e. The first-order valence-electron chi connectivity index (χ1n) is 11.7. The number of thiocarbonyl (C=S) groups is 1. The quantitative estimate of drug-likeness (QED) is 0.340. The minimum atomic E-state index is 0.439. The number of fused-ring (bicyclic) bond motifs is 1. The van der Waals surface area contributed by atoms with Crippen molar-refractivity contribution < 1.29 is 14.2 Å². The summed E-state index contributed by atoms with van der Waals surface area (Å²) in [5, 5.41) is 7.85. The third kappa shape index (κ3) is 6.68. The molecule has 0 bridgehead atoms. The predicted molar refractivity (Wildman–Crippen MR) is 142 cm³/mol. The molecule has 3 aromatic rings. The molecule has 2 heterocycles. The third-order valence-electron chi connectivity index (χ3n) is 5.96. The number of ether oxygens (including phenoxy) is 3. The lowest BCUT2D eigenvalue weighted by molar-refractivity contribution is 0.153. The van der Waals surface area contributed by atoms with E-state index in [-0.39, 0.29) is 0 Å². The number of nitrogens with zero attached hydrogens (tertiary/aromatic N) is 4. The molecular weight excluding hydrogens is 464 g/mol. The molecule has 0 radical (unpaired) electrons. The monoisotopic (exact) mass is 496 g/mol. The van der Waals surface area contributed by atoms with Gasteiger partial charge in [-0.05, 0) is 62.6 Å². The maximum absolute atomic E-state index is 6.04. The Morgan fingerprint density at radius 1 is 1.00 bits per heavy atom. The largest absolute Gasteiger partial charge is 0.493 e. The number of benzene rings is 2. The minimum absolute atomic E-state index is 0.439. The first-order chi connectivity index (χ1) is 17.1. The van der Waals surface area contributed by atoms with E-state index in [1.54, 1.807) is 20.3 Å². The van der Waals surface area contributed by atoms with E-state index in [9.17, 15) is 0 Å². The van der Waals surface area contributed by atoms with E-state index in [1.165, 1.54) is 6.33 Å². The van der Waals surface area contributed by atoms with Crippen LogP contribution in [0.25, 0.3) is 10.9 Å². The maximum atomic E-state index is 6.04. The standard InChI is InChI=1S/C25H32N6O3S/c1-30-11-13-31(14-12-30)10-4-9-26-25(35)29-18-5-7-19(8-6-18)34-24-20-15-22(32-2)23(33-3)16-21(20)27-17-28-24/h5-8,15-17H,4,9-14H2,1-3H3,(H2,26,29,35). The highest BCUT2D eigenvalue weighted by atomic mass is 32.1. The number of anilines is 1. The van der Waals surface area contributed by atoms with Gasteiger partial charge in [0.15, 0.2) is 16.6 Å². The second-order valence-electron chi connectivity index (χ2n) is 8.41. The van der Waals surface area contributed by atoms with Crippen molar-refractivity contribution in [1.82, 2.24) is 25.1 Å². The zero-order valence-electron chi connectivity index (χ0n) is 20.4. The lowest BCUT2D eigenvalue weighted by atomic mass is 10.2. The van der Waals surface area contributed by atoms with Gasteiger partial charge < -0.3 is 34.6 Å². The first kappa shape index (κ1) is 24.9. The van der Waals surface area contributed by atoms with Gasteiger partial charge in [0.05, 0.1) is 25.1 Å². The van der Waals surface area contributed by atoms with Gasteiger partial charge in [0, 0.05) is 44.5 Å². The van der Waals surface area contributed by atoms with Crippen LogP contribution in [0.5, 0.6) is 23.1 Å². The summed E-state index contributed by atoms with van der Waals surface area (Å²) >= 11 is 5.44. The van der Waals surface area contributed by atoms with Gasteiger partial charge in [-0.25, -0.2) is 9.97 Å². The van der Waals surface area contributed by atoms with Gasteiger partial charge in [-0.3, -0.25) is 0 Å². The number of hydrogen-bond acceptors (Lipinski definition) is 8. The van der Waals surface area contributed by atoms with E-state index in [1.807, 2.05) is 30.3 Å². The Hall–Kier alpha value is -3.21. The lowest BCUT2D eigenvalue weighted by Crippen LogP contribution is -2.45. The normalized spacial score (nSPS) is 14.5. The van der Waals surface area contributed by atoms with Gasteiger partial charge in [-0.2, -0.15) is 0 Å². The molecular formula is C25H32N6O3S. The molecule has 4 rings (SSSR count). The van der Waals surface area contributed by atoms with E-state index in [0.29, 0.717) is 33.8 Å². The molecule has 1 fully saturated rings. The van der Waals surface area contributed by atoms with Crippen molar-refractivity contribution >= 4 is 33.9 Å². The van der Waals surface area contributed by atoms with Gasteiger partial charge in [0.25, 0.3) is 0 Å². The number of hydrogen-bond donors (Lipinski definition) is 2. The van der Waals surface area contributed by atoms with Gasteiger partial charge in [0.2, 0.25) is 5.88 Å². The highest BCUT2D eigenvalue weighted by Gasteiger charge is 2.14. The van der Waals surface area contributed by atoms with Gasteiger partial charge >= 0.3 is 0 Å². The molecule has 0 amide bonds. The number of nitrogens with one attached hydrogen (secondary N) is 2. The Balaban J connectivity index is 1.29. The fourth-order valence-corrected chi connectivity index (χ4v) is 4.13. The average Bonchev–Trinajstić information content (AvgIpc) is 2.88. The second kappa shape index (κ2) is 12.0. The molecule has 1 saturated heterocycles. The smallest absolute Gasteiger partial charge is 0.230 e. The van der Waals surface area contributed by atoms with Crippen molar-refractivity contribution in [1.29, 1.82) is 0 Å². The van der Waals surface area contributed by atoms with Crippen LogP contribution < -0.4 is 24.8 Å². The van der Waals surface area contributed by atoms with E-state index < -0.39 is 0 Å². The second-order valence-corrected chi connectivity index (χ2v) is 8.82. The first-order valence-corrected chi connectivity index (χ1v) is 12.1. The van der Waals surface area contributed by atoms with E-state index in [4.69, 9.17) is 26.4 Å². The zero-order chi connectivity index (χ0) is 24.6. The van der Waals surface area contributed by atoms with Crippen LogP contribution in [0.4, 0.5) is 5.69 Å². The topological polar surface area (TPSA) is 84.0 Å². The fourth-order valence-electron chi connectivity index (χ4n) is 3.91. The molecule has 0 spiro atoms. The molecule has 9 nitrogen and oxygen atoms in total. The summed E-state index contributed by atoms with van der Waals surface area (Å²) in [5.74, 6) is 2.28. The highest BCUT2D eigenvalue weighted by molar-refractivity contribution is 7.80. The van der Waals surface area contributed by atoms with Crippen LogP contribution in [0, 0.1) is 0 Å². The summed E-state index contributed by atoms with van der Waals surface area (Å²) in [6.07, 6.45) is 2.52. The number of likely N-dealkylation sites (N-methyl/N-ethyl adjacent to an activating group) is 1. The van der Waals surface area contributed by atoms with Crippen LogP contribution in [-0.4, -0.2) is 85.4 Å². The van der Waals surface area contributed by atoms with Gasteiger partial charge in [-0.1, -0.05) is 0 Å². The molecule has 1 aromatic heterocycles. The lowest BCUT2D eigenvalue weighted by Gasteiger charge is -2.32. The molecule has 1 aliphatic rings. The summed E-state index contributed by atoms with van der Waals surface area (Å²) in [7, 11) is 5.36. The van der Waals surface area contributed by atoms with Crippen LogP contribution in [0.15, 0.2) is 42.7 Å². The van der Waals surface area contributed by atoms with E-state index in [2.05, 4.69) is 37.4 Å². The minimum Gasteiger partial charge on any atom is -0.493 e. The van der Waals surface area contributed by atoms with E-state index >= 15 is 0 Å². The molecule has 10 heteroatoms. The molecule has 2 aromatic carbocycles. The van der Waals surface area contributed by atoms with Crippen molar-refractivity contribution in [2.24, 2.45) is 0 Å². The van der Waals surface area contributed by atoms with Crippen molar-refractivity contribution in [2.45, 2.75) is 6.42 Å². The summed E-state index contributed by atoms with van der Waals surface area (Å²) in [5.41, 5.74) is 1.59. The van der Waals surface area contributed by atoms with Crippen molar-refractivity contribution in [2.75, 3.05) is 65.9 Å². The van der Waals surface area contributed by atoms with Crippen LogP contribution >= 0.6 is 12.2 Å². The van der Waals surface area contributed by atoms with Gasteiger partial charge in [-0.15, -0.1) is 0 Å². The number of aromatic nitrogens is 2. The summed E-state index contributed by atoms with van der Waals surface area (Å²) in [4.78, 5) is 13.5. The summed E-state index contributed by atoms with van der Waals surface area (Å²) in [6, 6.07) is 11.2. The van der Waals surface area contributed by atoms with Crippen LogP contribution in [0.1, 0.15) is 6.42 Å². The molecule has 2 N–H and O–H groups in total. The molecule has 0 saturated carbocycles. The van der Waals surface area contributed by atoms with Gasteiger partial charge in [0.1, 0.15) is 12.1 Å². The average molecular weight is 497 g/mol. The van der Waals surface area contributed by atoms with Crippen LogP contribution in [0.2, 0.25) is 0 Å². The Kier molecular flexibility index (Phi) is 8.51. The number of rotatable bonds is 9. The molecule has 0 atom stereocenters. The number of piperazine rings is 1. The molecule has 35 heavy (non-hydrogen) atoms. The Bertz CT molecular complexity index is 1140. The molecule has 1 aliphatic heterocycles. The zero-order valence-corrected chi connectivity index (χ0v) is 21.2. The van der Waals surface area contributed by atoms with Crippen LogP contribution in [-0.2, 0) is 0 Å². The van der Waals surface area contributed by atoms with Crippen molar-refractivity contribution in [3.63, 3.8) is 0 Å². The van der Waals surface area contributed by atoms with Crippen LogP contribution in [0.3, 0.4) is 0 Å². The predicted octanol–water partition coefficient (Wildman–Crippen LogP) is 3.36. The fraction of sp³-hybridized carbons (Fsp3) is 0.400. The Labute approximate surface area is 211 Å². The summed E-state index contributed by atoms with van der Waals surface area (Å²) in [6.45, 7) is 6.49. The molecule has 0 unspecified atom stereocenters. The number of methoxy groups -OCH3 is 2. The third-order valence-corrected chi connectivity index (χ3v) is 6.21. The van der Waals surface area contributed by atoms with Crippen molar-refractivity contribution in [3.05, 3.63) is 42.7 Å². The Morgan fingerprint density at radius 3 is 2.43 bits per heavy atom. The Morgan fingerprint density at radius 2 is 1.71 bits per heavy atom. The van der Waals surface area contributed by atoms with E-state index in [0.717, 1.165) is 56.8 Å². The summed E-state index contributed by atoms with van der Waals surface area (Å²) < 4.78 is 16.8. The molecule has 0 aliphatic carbocycles.